The van der Waals surface area contributed by atoms with Gasteiger partial charge in [0.15, 0.2) is 0 Å². The molecule has 1 unspecified atom stereocenters. The summed E-state index contributed by atoms with van der Waals surface area (Å²) in [5.74, 6) is 0.671. The van der Waals surface area contributed by atoms with Crippen LogP contribution in [0.25, 0.3) is 5.57 Å². The van der Waals surface area contributed by atoms with Gasteiger partial charge in [-0.2, -0.15) is 0 Å². The third-order valence-electron chi connectivity index (χ3n) is 6.11. The topological polar surface area (TPSA) is 0 Å². The van der Waals surface area contributed by atoms with Crippen LogP contribution in [0.3, 0.4) is 0 Å². The average Bonchev–Trinajstić information content (AvgIpc) is 3.18. The van der Waals surface area contributed by atoms with Crippen molar-refractivity contribution in [2.75, 3.05) is 0 Å². The molecule has 1 heteroatoms. The zero-order valence-corrected chi connectivity index (χ0v) is 19.7. The summed E-state index contributed by atoms with van der Waals surface area (Å²) in [7, 11) is 0. The molecule has 0 saturated carbocycles. The summed E-state index contributed by atoms with van der Waals surface area (Å²) in [5, 5.41) is 0. The zero-order valence-electron chi connectivity index (χ0n) is 18.9. The van der Waals surface area contributed by atoms with Gasteiger partial charge in [0.05, 0.1) is 0 Å². The zero-order chi connectivity index (χ0) is 21.6. The van der Waals surface area contributed by atoms with Crippen molar-refractivity contribution in [2.45, 2.75) is 46.5 Å². The molecule has 0 spiro atoms. The second-order valence-electron chi connectivity index (χ2n) is 8.64. The Morgan fingerprint density at radius 1 is 1.00 bits per heavy atom. The maximum atomic E-state index is 2.51. The van der Waals surface area contributed by atoms with Crippen molar-refractivity contribution in [2.24, 2.45) is 5.92 Å². The Kier molecular flexibility index (Phi) is 7.14. The Hall–Kier alpha value is -2.51. The Morgan fingerprint density at radius 2 is 1.81 bits per heavy atom. The van der Waals surface area contributed by atoms with E-state index < -0.39 is 0 Å². The van der Waals surface area contributed by atoms with E-state index in [0.29, 0.717) is 5.92 Å². The highest BCUT2D eigenvalue weighted by Crippen LogP contribution is 2.50. The number of thioether (sulfide) groups is 1. The third-order valence-corrected chi connectivity index (χ3v) is 7.31. The van der Waals surface area contributed by atoms with E-state index in [1.165, 1.54) is 62.5 Å². The highest BCUT2D eigenvalue weighted by molar-refractivity contribution is 8.07. The molecule has 0 radical (unpaired) electrons. The summed E-state index contributed by atoms with van der Waals surface area (Å²) in [6.07, 6.45) is 24.7. The SMILES string of the molecule is C\C=C/C=C\C=C\C1=CC(c2ccccc2)=C2CC(C)CC(/C=C3\CCC=C3C)=C2S1. The smallest absolute Gasteiger partial charge is 0.0192 e. The second kappa shape index (κ2) is 10.2. The Balaban J connectivity index is 1.81. The van der Waals surface area contributed by atoms with Crippen molar-refractivity contribution in [1.82, 2.24) is 0 Å². The first-order chi connectivity index (χ1) is 15.2. The van der Waals surface area contributed by atoms with Crippen molar-refractivity contribution in [1.29, 1.82) is 0 Å². The summed E-state index contributed by atoms with van der Waals surface area (Å²) in [4.78, 5) is 2.80. The molecule has 1 atom stereocenters. The van der Waals surface area contributed by atoms with E-state index in [2.05, 4.69) is 98.9 Å². The predicted octanol–water partition coefficient (Wildman–Crippen LogP) is 9.11. The summed E-state index contributed by atoms with van der Waals surface area (Å²) >= 11 is 1.95. The Labute approximate surface area is 192 Å². The third kappa shape index (κ3) is 5.22. The van der Waals surface area contributed by atoms with Crippen molar-refractivity contribution >= 4 is 17.3 Å². The van der Waals surface area contributed by atoms with Crippen LogP contribution >= 0.6 is 11.8 Å². The van der Waals surface area contributed by atoms with Crippen LogP contribution in [0.1, 0.15) is 52.0 Å². The van der Waals surface area contributed by atoms with Crippen LogP contribution in [0.15, 0.2) is 117 Å². The van der Waals surface area contributed by atoms with Crippen molar-refractivity contribution < 1.29 is 0 Å². The molecule has 1 aromatic carbocycles. The summed E-state index contributed by atoms with van der Waals surface area (Å²) in [6, 6.07) is 10.9. The highest BCUT2D eigenvalue weighted by atomic mass is 32.2. The highest BCUT2D eigenvalue weighted by Gasteiger charge is 2.28. The summed E-state index contributed by atoms with van der Waals surface area (Å²) in [6.45, 7) is 6.71. The Bertz CT molecular complexity index is 1060. The van der Waals surface area contributed by atoms with Gasteiger partial charge in [0.25, 0.3) is 0 Å². The number of hydrogen-bond acceptors (Lipinski definition) is 1. The van der Waals surface area contributed by atoms with Gasteiger partial charge in [-0.15, -0.1) is 0 Å². The monoisotopic (exact) mass is 424 g/mol. The molecular weight excluding hydrogens is 392 g/mol. The number of allylic oxidation sites excluding steroid dienone is 14. The fourth-order valence-electron chi connectivity index (χ4n) is 4.55. The molecule has 31 heavy (non-hydrogen) atoms. The maximum Gasteiger partial charge on any atom is 0.0192 e. The minimum Gasteiger partial charge on any atom is -0.0895 e. The maximum absolute atomic E-state index is 2.51. The number of rotatable bonds is 5. The van der Waals surface area contributed by atoms with Crippen LogP contribution in [0.2, 0.25) is 0 Å². The molecule has 0 saturated heterocycles. The molecule has 158 valence electrons. The molecule has 0 fully saturated rings. The Morgan fingerprint density at radius 3 is 2.55 bits per heavy atom. The van der Waals surface area contributed by atoms with E-state index in [1.807, 2.05) is 18.7 Å². The van der Waals surface area contributed by atoms with Crippen LogP contribution in [0.5, 0.6) is 0 Å². The van der Waals surface area contributed by atoms with Crippen molar-refractivity contribution in [3.8, 4) is 0 Å². The molecular formula is C30H32S. The van der Waals surface area contributed by atoms with Gasteiger partial charge >= 0.3 is 0 Å². The standard InChI is InChI=1S/C30H32S/c1-4-5-6-7-11-17-27-21-28(24-14-9-8-10-15-24)29-19-22(2)18-26(30(29)31-27)20-25-16-12-13-23(25)3/h4-11,13-15,17,20-22H,12,16,18-19H2,1-3H3/b5-4-,7-6-,17-11+,25-20+. The van der Waals surface area contributed by atoms with Crippen LogP contribution in [-0.2, 0) is 0 Å². The van der Waals surface area contributed by atoms with E-state index in [9.17, 15) is 0 Å². The molecule has 1 aliphatic heterocycles. The summed E-state index contributed by atoms with van der Waals surface area (Å²) in [5.41, 5.74) is 8.77. The lowest BCUT2D eigenvalue weighted by Gasteiger charge is -2.31. The van der Waals surface area contributed by atoms with E-state index in [1.54, 1.807) is 0 Å². The van der Waals surface area contributed by atoms with Crippen LogP contribution in [0.4, 0.5) is 0 Å². The quantitative estimate of drug-likeness (QED) is 0.425. The fourth-order valence-corrected chi connectivity index (χ4v) is 5.70. The molecule has 0 nitrogen and oxygen atoms in total. The molecule has 4 rings (SSSR count). The molecule has 1 aromatic rings. The number of hydrogen-bond donors (Lipinski definition) is 0. The lowest BCUT2D eigenvalue weighted by Crippen LogP contribution is -2.12. The van der Waals surface area contributed by atoms with Gasteiger partial charge in [0.1, 0.15) is 0 Å². The first-order valence-corrected chi connectivity index (χ1v) is 12.2. The molecule has 0 N–H and O–H groups in total. The fraction of sp³-hybridized carbons (Fsp3) is 0.267. The van der Waals surface area contributed by atoms with Gasteiger partial charge in [0.2, 0.25) is 0 Å². The molecule has 0 amide bonds. The van der Waals surface area contributed by atoms with Gasteiger partial charge < -0.3 is 0 Å². The van der Waals surface area contributed by atoms with Crippen molar-refractivity contribution in [3.05, 3.63) is 123 Å². The van der Waals surface area contributed by atoms with Crippen molar-refractivity contribution in [3.63, 3.8) is 0 Å². The normalized spacial score (nSPS) is 23.5. The molecule has 0 bridgehead atoms. The van der Waals surface area contributed by atoms with Crippen LogP contribution in [0, 0.1) is 5.92 Å². The average molecular weight is 425 g/mol. The predicted molar refractivity (Wildman–Crippen MR) is 139 cm³/mol. The second-order valence-corrected chi connectivity index (χ2v) is 9.72. The number of benzene rings is 1. The molecule has 0 aromatic heterocycles. The van der Waals surface area contributed by atoms with Gasteiger partial charge in [-0.25, -0.2) is 0 Å². The van der Waals surface area contributed by atoms with Gasteiger partial charge in [0, 0.05) is 9.81 Å². The van der Waals surface area contributed by atoms with E-state index in [-0.39, 0.29) is 0 Å². The lowest BCUT2D eigenvalue weighted by atomic mass is 9.82. The number of fused-ring (bicyclic) bond motifs is 1. The van der Waals surface area contributed by atoms with Gasteiger partial charge in [-0.1, -0.05) is 97.1 Å². The van der Waals surface area contributed by atoms with Crippen LogP contribution in [-0.4, -0.2) is 0 Å². The summed E-state index contributed by atoms with van der Waals surface area (Å²) < 4.78 is 0. The first-order valence-electron chi connectivity index (χ1n) is 11.4. The molecule has 3 aliphatic rings. The lowest BCUT2D eigenvalue weighted by molar-refractivity contribution is 0.564. The molecule has 1 heterocycles. The largest absolute Gasteiger partial charge is 0.0895 e. The van der Waals surface area contributed by atoms with E-state index >= 15 is 0 Å². The molecule has 2 aliphatic carbocycles. The van der Waals surface area contributed by atoms with Crippen LogP contribution < -0.4 is 0 Å². The van der Waals surface area contributed by atoms with E-state index in [0.717, 1.165) is 6.42 Å². The van der Waals surface area contributed by atoms with Gasteiger partial charge in [-0.05, 0) is 85.5 Å². The van der Waals surface area contributed by atoms with E-state index in [4.69, 9.17) is 0 Å². The van der Waals surface area contributed by atoms with Gasteiger partial charge in [-0.3, -0.25) is 0 Å². The minimum atomic E-state index is 0.671. The minimum absolute atomic E-state index is 0.671. The first kappa shape index (κ1) is 21.7.